The summed E-state index contributed by atoms with van der Waals surface area (Å²) in [6.07, 6.45) is 4.70. The molecule has 0 bridgehead atoms. The van der Waals surface area contributed by atoms with Crippen LogP contribution in [-0.2, 0) is 0 Å². The Hall–Kier alpha value is -1.87. The van der Waals surface area contributed by atoms with Crippen molar-refractivity contribution in [2.75, 3.05) is 6.61 Å². The van der Waals surface area contributed by atoms with Crippen molar-refractivity contribution >= 4 is 28.3 Å². The van der Waals surface area contributed by atoms with Crippen LogP contribution in [0.5, 0.6) is 5.75 Å². The molecule has 2 rings (SSSR count). The summed E-state index contributed by atoms with van der Waals surface area (Å²) in [6, 6.07) is 15.4. The highest BCUT2D eigenvalue weighted by Gasteiger charge is 2.05. The predicted octanol–water partition coefficient (Wildman–Crippen LogP) is 4.35. The van der Waals surface area contributed by atoms with Gasteiger partial charge in [0, 0.05) is 0 Å². The highest BCUT2D eigenvalue weighted by molar-refractivity contribution is 9.10. The molecule has 19 heavy (non-hydrogen) atoms. The van der Waals surface area contributed by atoms with Gasteiger partial charge < -0.3 is 4.74 Å². The summed E-state index contributed by atoms with van der Waals surface area (Å²) < 4.78 is 6.40. The van der Waals surface area contributed by atoms with Crippen LogP contribution in [0.15, 0.2) is 59.1 Å². The summed E-state index contributed by atoms with van der Waals surface area (Å²) >= 11 is 3.38. The Morgan fingerprint density at radius 2 is 1.84 bits per heavy atom. The number of hydrogen-bond acceptors (Lipinski definition) is 2. The third-order valence-electron chi connectivity index (χ3n) is 2.56. The SMILES string of the molecule is O=Cc1cccc(Br)c1OCC=Cc1ccccc1. The van der Waals surface area contributed by atoms with E-state index in [0.29, 0.717) is 17.9 Å². The minimum Gasteiger partial charge on any atom is -0.488 e. The fraction of sp³-hybridized carbons (Fsp3) is 0.0625. The highest BCUT2D eigenvalue weighted by Crippen LogP contribution is 2.27. The minimum atomic E-state index is 0.415. The van der Waals surface area contributed by atoms with E-state index in [0.717, 1.165) is 16.3 Å². The maximum Gasteiger partial charge on any atom is 0.153 e. The van der Waals surface area contributed by atoms with Crippen LogP contribution in [0.25, 0.3) is 6.08 Å². The largest absolute Gasteiger partial charge is 0.488 e. The number of ether oxygens (including phenoxy) is 1. The van der Waals surface area contributed by atoms with Crippen LogP contribution in [0.4, 0.5) is 0 Å². The number of rotatable bonds is 5. The van der Waals surface area contributed by atoms with Crippen molar-refractivity contribution in [3.05, 3.63) is 70.2 Å². The van der Waals surface area contributed by atoms with Gasteiger partial charge in [-0.3, -0.25) is 4.79 Å². The van der Waals surface area contributed by atoms with Crippen LogP contribution >= 0.6 is 15.9 Å². The van der Waals surface area contributed by atoms with Crippen LogP contribution in [-0.4, -0.2) is 12.9 Å². The van der Waals surface area contributed by atoms with Crippen LogP contribution < -0.4 is 4.74 Å². The van der Waals surface area contributed by atoms with Gasteiger partial charge in [0.25, 0.3) is 0 Å². The summed E-state index contributed by atoms with van der Waals surface area (Å²) in [5.41, 5.74) is 1.66. The molecule has 3 heteroatoms. The van der Waals surface area contributed by atoms with E-state index in [4.69, 9.17) is 4.74 Å². The van der Waals surface area contributed by atoms with Crippen LogP contribution in [0.1, 0.15) is 15.9 Å². The van der Waals surface area contributed by atoms with E-state index in [9.17, 15) is 4.79 Å². The van der Waals surface area contributed by atoms with Gasteiger partial charge in [0.05, 0.1) is 10.0 Å². The Kier molecular flexibility index (Phi) is 4.93. The maximum absolute atomic E-state index is 10.9. The third-order valence-corrected chi connectivity index (χ3v) is 3.18. The van der Waals surface area contributed by atoms with Crippen LogP contribution in [0.3, 0.4) is 0 Å². The number of halogens is 1. The van der Waals surface area contributed by atoms with Crippen molar-refractivity contribution in [3.63, 3.8) is 0 Å². The lowest BCUT2D eigenvalue weighted by Gasteiger charge is -2.08. The lowest BCUT2D eigenvalue weighted by atomic mass is 10.2. The van der Waals surface area contributed by atoms with E-state index < -0.39 is 0 Å². The topological polar surface area (TPSA) is 26.3 Å². The fourth-order valence-electron chi connectivity index (χ4n) is 1.65. The second-order valence-electron chi connectivity index (χ2n) is 3.90. The molecule has 0 aliphatic carbocycles. The van der Waals surface area contributed by atoms with E-state index in [-0.39, 0.29) is 0 Å². The molecule has 96 valence electrons. The Labute approximate surface area is 120 Å². The molecule has 0 heterocycles. The van der Waals surface area contributed by atoms with Gasteiger partial charge in [-0.25, -0.2) is 0 Å². The molecular weight excluding hydrogens is 304 g/mol. The Morgan fingerprint density at radius 1 is 1.05 bits per heavy atom. The third kappa shape index (κ3) is 3.80. The van der Waals surface area contributed by atoms with Gasteiger partial charge in [-0.05, 0) is 39.7 Å². The van der Waals surface area contributed by atoms with E-state index in [1.807, 2.05) is 48.6 Å². The van der Waals surface area contributed by atoms with Crippen LogP contribution in [0.2, 0.25) is 0 Å². The standard InChI is InChI=1S/C16H13BrO2/c17-15-10-4-9-14(12-18)16(15)19-11-5-8-13-6-2-1-3-7-13/h1-10,12H,11H2. The molecule has 0 saturated carbocycles. The van der Waals surface area contributed by atoms with E-state index in [1.54, 1.807) is 12.1 Å². The fourth-order valence-corrected chi connectivity index (χ4v) is 2.15. The van der Waals surface area contributed by atoms with Crippen molar-refractivity contribution in [3.8, 4) is 5.75 Å². The van der Waals surface area contributed by atoms with Crippen molar-refractivity contribution in [2.45, 2.75) is 0 Å². The summed E-state index contributed by atoms with van der Waals surface area (Å²) in [6.45, 7) is 0.415. The lowest BCUT2D eigenvalue weighted by Crippen LogP contribution is -1.98. The maximum atomic E-state index is 10.9. The second-order valence-corrected chi connectivity index (χ2v) is 4.75. The first kappa shape index (κ1) is 13.6. The molecule has 0 aliphatic heterocycles. The van der Waals surface area contributed by atoms with Crippen molar-refractivity contribution in [2.24, 2.45) is 0 Å². The van der Waals surface area contributed by atoms with Gasteiger partial charge in [-0.1, -0.05) is 42.5 Å². The number of carbonyl (C=O) groups is 1. The summed E-state index contributed by atoms with van der Waals surface area (Å²) in [5.74, 6) is 0.579. The zero-order valence-electron chi connectivity index (χ0n) is 10.3. The number of benzene rings is 2. The van der Waals surface area contributed by atoms with Crippen molar-refractivity contribution in [1.29, 1.82) is 0 Å². The molecule has 0 radical (unpaired) electrons. The number of para-hydroxylation sites is 1. The van der Waals surface area contributed by atoms with Gasteiger partial charge in [-0.15, -0.1) is 0 Å². The van der Waals surface area contributed by atoms with Crippen LogP contribution in [0, 0.1) is 0 Å². The molecule has 0 aliphatic rings. The Morgan fingerprint density at radius 3 is 2.58 bits per heavy atom. The zero-order chi connectivity index (χ0) is 13.5. The molecule has 2 nitrogen and oxygen atoms in total. The molecule has 0 aromatic heterocycles. The first-order valence-corrected chi connectivity index (χ1v) is 6.68. The zero-order valence-corrected chi connectivity index (χ0v) is 11.8. The summed E-state index contributed by atoms with van der Waals surface area (Å²) in [7, 11) is 0. The molecule has 2 aromatic carbocycles. The summed E-state index contributed by atoms with van der Waals surface area (Å²) in [5, 5.41) is 0. The first-order valence-electron chi connectivity index (χ1n) is 5.89. The van der Waals surface area contributed by atoms with Gasteiger partial charge in [0.15, 0.2) is 6.29 Å². The molecule has 0 N–H and O–H groups in total. The lowest BCUT2D eigenvalue weighted by molar-refractivity contribution is 0.112. The van der Waals surface area contributed by atoms with Gasteiger partial charge in [-0.2, -0.15) is 0 Å². The molecule has 0 unspecified atom stereocenters. The molecular formula is C16H13BrO2. The van der Waals surface area contributed by atoms with Crippen molar-refractivity contribution in [1.82, 2.24) is 0 Å². The van der Waals surface area contributed by atoms with Gasteiger partial charge in [0.1, 0.15) is 12.4 Å². The molecule has 0 saturated heterocycles. The van der Waals surface area contributed by atoms with E-state index >= 15 is 0 Å². The molecule has 0 fully saturated rings. The van der Waals surface area contributed by atoms with E-state index in [1.165, 1.54) is 0 Å². The molecule has 0 amide bonds. The quantitative estimate of drug-likeness (QED) is 0.766. The monoisotopic (exact) mass is 316 g/mol. The Bertz CT molecular complexity index is 577. The highest BCUT2D eigenvalue weighted by atomic mass is 79.9. The average molecular weight is 317 g/mol. The molecule has 0 atom stereocenters. The molecule has 0 spiro atoms. The summed E-state index contributed by atoms with van der Waals surface area (Å²) in [4.78, 5) is 10.9. The predicted molar refractivity (Wildman–Crippen MR) is 80.5 cm³/mol. The molecule has 2 aromatic rings. The van der Waals surface area contributed by atoms with E-state index in [2.05, 4.69) is 15.9 Å². The first-order chi connectivity index (χ1) is 9.31. The smallest absolute Gasteiger partial charge is 0.153 e. The number of aldehydes is 1. The number of hydrogen-bond donors (Lipinski definition) is 0. The Balaban J connectivity index is 2.00. The minimum absolute atomic E-state index is 0.415. The van der Waals surface area contributed by atoms with Crippen molar-refractivity contribution < 1.29 is 9.53 Å². The number of carbonyl (C=O) groups excluding carboxylic acids is 1. The van der Waals surface area contributed by atoms with Gasteiger partial charge >= 0.3 is 0 Å². The normalized spacial score (nSPS) is 10.6. The van der Waals surface area contributed by atoms with Gasteiger partial charge in [0.2, 0.25) is 0 Å². The second kappa shape index (κ2) is 6.90. The average Bonchev–Trinajstić information content (AvgIpc) is 2.46.